The lowest BCUT2D eigenvalue weighted by Crippen LogP contribution is -2.24. The van der Waals surface area contributed by atoms with Crippen LogP contribution in [-0.2, 0) is 10.2 Å². The Morgan fingerprint density at radius 3 is 1.60 bits per heavy atom. The molecular weight excluding hydrogens is 401 g/mol. The number of rotatable bonds is 4. The van der Waals surface area contributed by atoms with E-state index in [1.807, 2.05) is 24.3 Å². The first-order valence-corrected chi connectivity index (χ1v) is 10.7. The molecule has 0 saturated carbocycles. The molecule has 25 heavy (non-hydrogen) atoms. The van der Waals surface area contributed by atoms with Crippen LogP contribution in [0.2, 0.25) is 10.0 Å². The molecule has 3 aromatic carbocycles. The minimum absolute atomic E-state index is 0.314. The molecule has 0 aliphatic rings. The van der Waals surface area contributed by atoms with Crippen LogP contribution in [0.15, 0.2) is 77.7 Å². The normalized spacial score (nSPS) is 11.7. The molecule has 0 unspecified atom stereocenters. The van der Waals surface area contributed by atoms with E-state index in [9.17, 15) is 12.3 Å². The molecule has 0 amide bonds. The highest BCUT2D eigenvalue weighted by atomic mass is 35.5. The van der Waals surface area contributed by atoms with Gasteiger partial charge in [0.15, 0.2) is 0 Å². The zero-order chi connectivity index (χ0) is 18.0. The third-order valence-electron chi connectivity index (χ3n) is 3.54. The molecule has 3 aromatic rings. The van der Waals surface area contributed by atoms with Crippen LogP contribution in [-0.4, -0.2) is 8.42 Å². The lowest BCUT2D eigenvalue weighted by atomic mass is 10.3. The topological polar surface area (TPSA) is 34.1 Å². The monoisotopic (exact) mass is 412 g/mol. The van der Waals surface area contributed by atoms with Gasteiger partial charge >= 0.3 is 10.2 Å². The van der Waals surface area contributed by atoms with Crippen molar-refractivity contribution in [1.29, 1.82) is 0 Å². The predicted molar refractivity (Wildman–Crippen MR) is 103 cm³/mol. The Kier molecular flexibility index (Phi) is 5.45. The molecule has 0 aromatic heterocycles. The van der Waals surface area contributed by atoms with Gasteiger partial charge < -0.3 is 0 Å². The standard InChI is InChI=1S/C18H12Cl2FO2PS/c19-13-5-9-15(10-6-13)24(16-11-7-14(20)8-12-16)17-3-1-2-4-18(17)25(21,22)23/h1-12H. The molecule has 0 atom stereocenters. The van der Waals surface area contributed by atoms with Crippen molar-refractivity contribution in [2.45, 2.75) is 4.90 Å². The fourth-order valence-corrected chi connectivity index (χ4v) is 6.15. The van der Waals surface area contributed by atoms with E-state index in [1.54, 1.807) is 36.4 Å². The van der Waals surface area contributed by atoms with Gasteiger partial charge in [0.05, 0.1) is 0 Å². The number of hydrogen-bond acceptors (Lipinski definition) is 2. The van der Waals surface area contributed by atoms with Crippen molar-refractivity contribution in [3.8, 4) is 0 Å². The van der Waals surface area contributed by atoms with Crippen LogP contribution in [0.25, 0.3) is 0 Å². The number of hydrogen-bond donors (Lipinski definition) is 0. The Bertz CT molecular complexity index is 945. The maximum atomic E-state index is 13.8. The number of halogens is 3. The Balaban J connectivity index is 2.26. The van der Waals surface area contributed by atoms with E-state index in [4.69, 9.17) is 23.2 Å². The van der Waals surface area contributed by atoms with Crippen molar-refractivity contribution >= 4 is 57.3 Å². The van der Waals surface area contributed by atoms with Gasteiger partial charge in [0.25, 0.3) is 0 Å². The average Bonchev–Trinajstić information content (AvgIpc) is 2.58. The van der Waals surface area contributed by atoms with Crippen LogP contribution in [0.1, 0.15) is 0 Å². The Morgan fingerprint density at radius 1 is 0.720 bits per heavy atom. The molecule has 0 aliphatic carbocycles. The summed E-state index contributed by atoms with van der Waals surface area (Å²) in [6.07, 6.45) is 0. The second-order valence-electron chi connectivity index (χ2n) is 5.19. The minimum Gasteiger partial charge on any atom is -0.189 e. The van der Waals surface area contributed by atoms with E-state index in [0.29, 0.717) is 15.3 Å². The van der Waals surface area contributed by atoms with Gasteiger partial charge in [-0.3, -0.25) is 0 Å². The third kappa shape index (κ3) is 4.21. The molecule has 2 nitrogen and oxygen atoms in total. The molecule has 0 N–H and O–H groups in total. The molecule has 0 radical (unpaired) electrons. The Morgan fingerprint density at radius 2 is 1.16 bits per heavy atom. The predicted octanol–water partition coefficient (Wildman–Crippen LogP) is 4.41. The van der Waals surface area contributed by atoms with E-state index < -0.39 is 18.1 Å². The molecular formula is C18H12Cl2FO2PS. The summed E-state index contributed by atoms with van der Waals surface area (Å²) in [6.45, 7) is 0. The van der Waals surface area contributed by atoms with Crippen LogP contribution >= 0.6 is 31.1 Å². The van der Waals surface area contributed by atoms with E-state index in [1.165, 1.54) is 12.1 Å². The zero-order valence-electron chi connectivity index (χ0n) is 12.7. The summed E-state index contributed by atoms with van der Waals surface area (Å²) in [5, 5.41) is 3.28. The summed E-state index contributed by atoms with van der Waals surface area (Å²) in [5.74, 6) is 0. The Hall–Kier alpha value is -1.45. The summed E-state index contributed by atoms with van der Waals surface area (Å²) in [7, 11) is -6.14. The summed E-state index contributed by atoms with van der Waals surface area (Å²) in [6, 6.07) is 20.3. The van der Waals surface area contributed by atoms with Crippen LogP contribution in [0, 0.1) is 0 Å². The fraction of sp³-hybridized carbons (Fsp3) is 0. The zero-order valence-corrected chi connectivity index (χ0v) is 16.0. The van der Waals surface area contributed by atoms with Crippen LogP contribution in [0.3, 0.4) is 0 Å². The SMILES string of the molecule is O=S(=O)(F)c1ccccc1P(c1ccc(Cl)cc1)c1ccc(Cl)cc1. The summed E-state index contributed by atoms with van der Waals surface area (Å²) in [4.78, 5) is -0.314. The van der Waals surface area contributed by atoms with E-state index in [0.717, 1.165) is 10.6 Å². The van der Waals surface area contributed by atoms with Gasteiger partial charge in [-0.2, -0.15) is 8.42 Å². The van der Waals surface area contributed by atoms with Gasteiger partial charge in [0, 0.05) is 15.3 Å². The number of benzene rings is 3. The van der Waals surface area contributed by atoms with Crippen LogP contribution < -0.4 is 15.9 Å². The van der Waals surface area contributed by atoms with E-state index in [2.05, 4.69) is 0 Å². The van der Waals surface area contributed by atoms with Crippen LogP contribution in [0.5, 0.6) is 0 Å². The van der Waals surface area contributed by atoms with Gasteiger partial charge in [-0.05, 0) is 48.9 Å². The quantitative estimate of drug-likeness (QED) is 0.469. The molecule has 128 valence electrons. The van der Waals surface area contributed by atoms with E-state index >= 15 is 0 Å². The fourth-order valence-electron chi connectivity index (χ4n) is 2.46. The highest BCUT2D eigenvalue weighted by molar-refractivity contribution is 7.88. The molecule has 0 bridgehead atoms. The molecule has 0 fully saturated rings. The lowest BCUT2D eigenvalue weighted by Gasteiger charge is -2.21. The van der Waals surface area contributed by atoms with Gasteiger partial charge in [-0.25, -0.2) is 0 Å². The first-order chi connectivity index (χ1) is 11.9. The summed E-state index contributed by atoms with van der Waals surface area (Å²) >= 11 is 11.9. The molecule has 0 saturated heterocycles. The maximum Gasteiger partial charge on any atom is 0.332 e. The Labute approximate surface area is 157 Å². The average molecular weight is 413 g/mol. The summed E-state index contributed by atoms with van der Waals surface area (Å²) < 4.78 is 37.1. The second-order valence-corrected chi connectivity index (χ2v) is 9.57. The van der Waals surface area contributed by atoms with Crippen molar-refractivity contribution in [3.63, 3.8) is 0 Å². The molecule has 0 heterocycles. The summed E-state index contributed by atoms with van der Waals surface area (Å²) in [5.41, 5.74) is 0. The van der Waals surface area contributed by atoms with Gasteiger partial charge in [0.2, 0.25) is 0 Å². The second kappa shape index (κ2) is 7.43. The minimum atomic E-state index is -4.85. The maximum absolute atomic E-state index is 13.8. The van der Waals surface area contributed by atoms with Gasteiger partial charge in [-0.15, -0.1) is 3.89 Å². The molecule has 7 heteroatoms. The smallest absolute Gasteiger partial charge is 0.189 e. The first-order valence-electron chi connectivity index (χ1n) is 7.21. The molecule has 0 spiro atoms. The van der Waals surface area contributed by atoms with Crippen molar-refractivity contribution in [3.05, 3.63) is 82.8 Å². The van der Waals surface area contributed by atoms with E-state index in [-0.39, 0.29) is 4.90 Å². The van der Waals surface area contributed by atoms with Crippen LogP contribution in [0.4, 0.5) is 3.89 Å². The third-order valence-corrected chi connectivity index (χ3v) is 7.58. The van der Waals surface area contributed by atoms with Crippen molar-refractivity contribution in [2.24, 2.45) is 0 Å². The highest BCUT2D eigenvalue weighted by Gasteiger charge is 2.25. The molecule has 0 aliphatic heterocycles. The van der Waals surface area contributed by atoms with Gasteiger partial charge in [-0.1, -0.05) is 65.7 Å². The van der Waals surface area contributed by atoms with Gasteiger partial charge in [0.1, 0.15) is 4.90 Å². The molecule has 3 rings (SSSR count). The van der Waals surface area contributed by atoms with Crippen molar-refractivity contribution in [2.75, 3.05) is 0 Å². The largest absolute Gasteiger partial charge is 0.332 e. The van der Waals surface area contributed by atoms with Crippen molar-refractivity contribution in [1.82, 2.24) is 0 Å². The van der Waals surface area contributed by atoms with Crippen molar-refractivity contribution < 1.29 is 12.3 Å². The highest BCUT2D eigenvalue weighted by Crippen LogP contribution is 2.36. The first kappa shape index (κ1) is 18.3. The lowest BCUT2D eigenvalue weighted by molar-refractivity contribution is 0.553.